The van der Waals surface area contributed by atoms with Gasteiger partial charge in [-0.2, -0.15) is 0 Å². The highest BCUT2D eigenvalue weighted by molar-refractivity contribution is 5.74. The van der Waals surface area contributed by atoms with E-state index in [1.165, 1.54) is 0 Å². The summed E-state index contributed by atoms with van der Waals surface area (Å²) in [5, 5.41) is 1.76. The second-order valence-corrected chi connectivity index (χ2v) is 4.48. The van der Waals surface area contributed by atoms with E-state index in [1.807, 2.05) is 18.5 Å². The Balaban J connectivity index is 2.13. The Kier molecular flexibility index (Phi) is 2.73. The number of nitrogens with zero attached hydrogens (tertiary/aromatic N) is 5. The van der Waals surface area contributed by atoms with Gasteiger partial charge in [0.05, 0.1) is 24.9 Å². The van der Waals surface area contributed by atoms with Crippen molar-refractivity contribution >= 4 is 11.2 Å². The lowest BCUT2D eigenvalue weighted by molar-refractivity contribution is -0.0100. The summed E-state index contributed by atoms with van der Waals surface area (Å²) < 4.78 is 7.43. The molecule has 3 rings (SSSR count). The molecule has 2 aromatic heterocycles. The van der Waals surface area contributed by atoms with Crippen molar-refractivity contribution in [2.75, 3.05) is 19.8 Å². The Morgan fingerprint density at radius 1 is 1.44 bits per heavy atom. The lowest BCUT2D eigenvalue weighted by atomic mass is 10.1. The molecular formula is C11H16N6O. The van der Waals surface area contributed by atoms with Gasteiger partial charge in [-0.25, -0.2) is 20.0 Å². The lowest BCUT2D eigenvalue weighted by Gasteiger charge is -2.31. The molecule has 0 spiro atoms. The van der Waals surface area contributed by atoms with Gasteiger partial charge in [0.15, 0.2) is 5.65 Å². The standard InChI is InChI=1S/C11H16N6O/c1-7-15-10-9(8-5-18-4-3-17(8)12)13-6-14-11(10)16(7)2/h6,8H,3-5,12H2,1-2H3. The minimum Gasteiger partial charge on any atom is -0.378 e. The van der Waals surface area contributed by atoms with E-state index in [4.69, 9.17) is 10.6 Å². The summed E-state index contributed by atoms with van der Waals surface area (Å²) >= 11 is 0. The smallest absolute Gasteiger partial charge is 0.163 e. The molecule has 3 heterocycles. The third-order valence-corrected chi connectivity index (χ3v) is 3.39. The van der Waals surface area contributed by atoms with Crippen LogP contribution in [0, 0.1) is 6.92 Å². The Hall–Kier alpha value is -1.57. The van der Waals surface area contributed by atoms with Gasteiger partial charge in [-0.3, -0.25) is 5.84 Å². The number of ether oxygens (including phenoxy) is 1. The van der Waals surface area contributed by atoms with Crippen LogP contribution in [0.5, 0.6) is 0 Å². The van der Waals surface area contributed by atoms with E-state index in [1.54, 1.807) is 11.3 Å². The number of imidazole rings is 1. The van der Waals surface area contributed by atoms with E-state index in [0.29, 0.717) is 19.8 Å². The van der Waals surface area contributed by atoms with Crippen LogP contribution in [0.1, 0.15) is 17.6 Å². The van der Waals surface area contributed by atoms with Gasteiger partial charge in [0, 0.05) is 13.6 Å². The molecule has 0 saturated carbocycles. The first kappa shape index (κ1) is 11.5. The number of nitrogens with two attached hydrogens (primary N) is 1. The maximum Gasteiger partial charge on any atom is 0.163 e. The summed E-state index contributed by atoms with van der Waals surface area (Å²) in [5.41, 5.74) is 2.48. The van der Waals surface area contributed by atoms with Crippen molar-refractivity contribution in [1.29, 1.82) is 0 Å². The molecule has 1 aliphatic heterocycles. The number of morpholine rings is 1. The average molecular weight is 248 g/mol. The van der Waals surface area contributed by atoms with Crippen LogP contribution < -0.4 is 5.84 Å². The molecule has 1 aliphatic rings. The molecule has 96 valence electrons. The highest BCUT2D eigenvalue weighted by Gasteiger charge is 2.26. The van der Waals surface area contributed by atoms with Gasteiger partial charge < -0.3 is 9.30 Å². The SMILES string of the molecule is Cc1nc2c(C3COCCN3N)ncnc2n1C. The van der Waals surface area contributed by atoms with Gasteiger partial charge in [-0.15, -0.1) is 0 Å². The fourth-order valence-electron chi connectivity index (χ4n) is 2.22. The molecule has 7 heteroatoms. The quantitative estimate of drug-likeness (QED) is 0.711. The molecule has 7 nitrogen and oxygen atoms in total. The molecular weight excluding hydrogens is 232 g/mol. The zero-order chi connectivity index (χ0) is 12.7. The van der Waals surface area contributed by atoms with Crippen LogP contribution in [0.3, 0.4) is 0 Å². The van der Waals surface area contributed by atoms with E-state index >= 15 is 0 Å². The van der Waals surface area contributed by atoms with E-state index in [-0.39, 0.29) is 6.04 Å². The molecule has 1 saturated heterocycles. The number of aryl methyl sites for hydroxylation is 2. The first-order valence-electron chi connectivity index (χ1n) is 5.91. The molecule has 0 aliphatic carbocycles. The van der Waals surface area contributed by atoms with Crippen LogP contribution in [-0.2, 0) is 11.8 Å². The first-order valence-corrected chi connectivity index (χ1v) is 5.91. The largest absolute Gasteiger partial charge is 0.378 e. The molecule has 0 amide bonds. The van der Waals surface area contributed by atoms with Crippen LogP contribution in [0.15, 0.2) is 6.33 Å². The van der Waals surface area contributed by atoms with Crippen molar-refractivity contribution in [3.8, 4) is 0 Å². The molecule has 0 bridgehead atoms. The van der Waals surface area contributed by atoms with Gasteiger partial charge in [0.25, 0.3) is 0 Å². The molecule has 2 N–H and O–H groups in total. The van der Waals surface area contributed by atoms with Gasteiger partial charge >= 0.3 is 0 Å². The summed E-state index contributed by atoms with van der Waals surface area (Å²) in [4.78, 5) is 13.1. The van der Waals surface area contributed by atoms with Crippen molar-refractivity contribution in [3.05, 3.63) is 17.8 Å². The number of fused-ring (bicyclic) bond motifs is 1. The van der Waals surface area contributed by atoms with Crippen molar-refractivity contribution in [2.45, 2.75) is 13.0 Å². The average Bonchev–Trinajstić information content (AvgIpc) is 2.67. The Labute approximate surface area is 105 Å². The summed E-state index contributed by atoms with van der Waals surface area (Å²) in [6, 6.07) is -0.0569. The Morgan fingerprint density at radius 3 is 3.06 bits per heavy atom. The highest BCUT2D eigenvalue weighted by atomic mass is 16.5. The van der Waals surface area contributed by atoms with Crippen LogP contribution in [-0.4, -0.2) is 44.3 Å². The summed E-state index contributed by atoms with van der Waals surface area (Å²) in [7, 11) is 1.94. The molecule has 1 fully saturated rings. The molecule has 2 aromatic rings. The van der Waals surface area contributed by atoms with Gasteiger partial charge in [0.2, 0.25) is 0 Å². The highest BCUT2D eigenvalue weighted by Crippen LogP contribution is 2.25. The predicted octanol–water partition coefficient (Wildman–Crippen LogP) is -0.0813. The minimum atomic E-state index is -0.0569. The first-order chi connectivity index (χ1) is 8.68. The number of rotatable bonds is 1. The predicted molar refractivity (Wildman–Crippen MR) is 65.5 cm³/mol. The number of hydrogen-bond donors (Lipinski definition) is 1. The van der Waals surface area contributed by atoms with Gasteiger partial charge in [-0.05, 0) is 6.92 Å². The van der Waals surface area contributed by atoms with Gasteiger partial charge in [0.1, 0.15) is 17.7 Å². The molecule has 0 aromatic carbocycles. The second-order valence-electron chi connectivity index (χ2n) is 4.48. The summed E-state index contributed by atoms with van der Waals surface area (Å²) in [6.45, 7) is 3.84. The molecule has 0 radical (unpaired) electrons. The lowest BCUT2D eigenvalue weighted by Crippen LogP contribution is -2.44. The minimum absolute atomic E-state index is 0.0569. The molecule has 18 heavy (non-hydrogen) atoms. The number of aromatic nitrogens is 4. The summed E-state index contributed by atoms with van der Waals surface area (Å²) in [5.74, 6) is 6.91. The van der Waals surface area contributed by atoms with Crippen LogP contribution in [0.4, 0.5) is 0 Å². The maximum absolute atomic E-state index is 6.01. The van der Waals surface area contributed by atoms with Crippen molar-refractivity contribution in [1.82, 2.24) is 24.5 Å². The molecule has 1 unspecified atom stereocenters. The van der Waals surface area contributed by atoms with Crippen molar-refractivity contribution < 1.29 is 4.74 Å². The third-order valence-electron chi connectivity index (χ3n) is 3.39. The van der Waals surface area contributed by atoms with Crippen LogP contribution in [0.25, 0.3) is 11.2 Å². The van der Waals surface area contributed by atoms with Crippen LogP contribution in [0.2, 0.25) is 0 Å². The second kappa shape index (κ2) is 4.27. The Morgan fingerprint density at radius 2 is 2.28 bits per heavy atom. The Bertz CT molecular complexity index is 580. The van der Waals surface area contributed by atoms with E-state index < -0.39 is 0 Å². The zero-order valence-electron chi connectivity index (χ0n) is 10.5. The zero-order valence-corrected chi connectivity index (χ0v) is 10.5. The van der Waals surface area contributed by atoms with Crippen LogP contribution >= 0.6 is 0 Å². The number of hydrogen-bond acceptors (Lipinski definition) is 6. The fraction of sp³-hybridized carbons (Fsp3) is 0.545. The van der Waals surface area contributed by atoms with Crippen molar-refractivity contribution in [2.24, 2.45) is 12.9 Å². The maximum atomic E-state index is 6.01. The van der Waals surface area contributed by atoms with E-state index in [2.05, 4.69) is 15.0 Å². The number of hydrazine groups is 1. The van der Waals surface area contributed by atoms with E-state index in [9.17, 15) is 0 Å². The topological polar surface area (TPSA) is 82.1 Å². The fourth-order valence-corrected chi connectivity index (χ4v) is 2.22. The molecule has 1 atom stereocenters. The van der Waals surface area contributed by atoms with Crippen molar-refractivity contribution in [3.63, 3.8) is 0 Å². The monoisotopic (exact) mass is 248 g/mol. The summed E-state index contributed by atoms with van der Waals surface area (Å²) in [6.07, 6.45) is 1.56. The third kappa shape index (κ3) is 1.67. The van der Waals surface area contributed by atoms with Gasteiger partial charge in [-0.1, -0.05) is 0 Å². The van der Waals surface area contributed by atoms with E-state index in [0.717, 1.165) is 22.7 Å². The normalized spacial score (nSPS) is 21.6.